The van der Waals surface area contributed by atoms with Crippen LogP contribution in [0.4, 0.5) is 0 Å². The lowest BCUT2D eigenvalue weighted by molar-refractivity contribution is 0.0951. The van der Waals surface area contributed by atoms with Crippen molar-refractivity contribution in [3.05, 3.63) is 78.4 Å². The van der Waals surface area contributed by atoms with Crippen molar-refractivity contribution in [1.29, 1.82) is 0 Å². The maximum Gasteiger partial charge on any atom is 0.270 e. The summed E-state index contributed by atoms with van der Waals surface area (Å²) in [5, 5.41) is 9.75. The Morgan fingerprint density at radius 3 is 2.21 bits per heavy atom. The third-order valence-corrected chi connectivity index (χ3v) is 5.00. The first-order valence-corrected chi connectivity index (χ1v) is 8.54. The van der Waals surface area contributed by atoms with Gasteiger partial charge in [-0.25, -0.2) is 12.4 Å². The minimum atomic E-state index is -3.73. The Hall–Kier alpha value is -3.00. The lowest BCUT2D eigenvalue weighted by Crippen LogP contribution is -2.22. The van der Waals surface area contributed by atoms with Crippen molar-refractivity contribution in [2.24, 2.45) is 0 Å². The van der Waals surface area contributed by atoms with Crippen molar-refractivity contribution in [2.75, 3.05) is 0 Å². The van der Waals surface area contributed by atoms with E-state index in [0.29, 0.717) is 12.1 Å². The molecular formula is C16H14N4O3S. The quantitative estimate of drug-likeness (QED) is 0.757. The van der Waals surface area contributed by atoms with E-state index in [1.165, 1.54) is 24.3 Å². The molecule has 2 aromatic carbocycles. The van der Waals surface area contributed by atoms with Gasteiger partial charge >= 0.3 is 0 Å². The zero-order chi connectivity index (χ0) is 17.0. The first-order valence-electron chi connectivity index (χ1n) is 7.10. The monoisotopic (exact) mass is 342 g/mol. The summed E-state index contributed by atoms with van der Waals surface area (Å²) >= 11 is 0. The fourth-order valence-electron chi connectivity index (χ4n) is 2.10. The van der Waals surface area contributed by atoms with Gasteiger partial charge in [0, 0.05) is 12.1 Å². The highest BCUT2D eigenvalue weighted by atomic mass is 32.2. The third-order valence-electron chi connectivity index (χ3n) is 3.39. The highest BCUT2D eigenvalue weighted by Gasteiger charge is 2.17. The van der Waals surface area contributed by atoms with Crippen molar-refractivity contribution in [2.45, 2.75) is 11.4 Å². The van der Waals surface area contributed by atoms with E-state index in [4.69, 9.17) is 0 Å². The van der Waals surface area contributed by atoms with Crippen LogP contribution in [-0.2, 0) is 16.6 Å². The van der Waals surface area contributed by atoms with Gasteiger partial charge in [-0.05, 0) is 29.8 Å². The van der Waals surface area contributed by atoms with E-state index in [2.05, 4.69) is 15.5 Å². The molecule has 8 heteroatoms. The lowest BCUT2D eigenvalue weighted by Gasteiger charge is -2.07. The highest BCUT2D eigenvalue weighted by Crippen LogP contribution is 2.14. The van der Waals surface area contributed by atoms with Crippen LogP contribution in [0.1, 0.15) is 15.9 Å². The molecule has 0 fully saturated rings. The summed E-state index contributed by atoms with van der Waals surface area (Å²) in [6, 6.07) is 15.2. The minimum Gasteiger partial charge on any atom is -0.348 e. The fraction of sp³-hybridized carbons (Fsp3) is 0.0625. The molecular weight excluding hydrogens is 328 g/mol. The van der Waals surface area contributed by atoms with Crippen LogP contribution in [0.25, 0.3) is 0 Å². The summed E-state index contributed by atoms with van der Waals surface area (Å²) in [7, 11) is -3.73. The van der Waals surface area contributed by atoms with Crippen LogP contribution in [0.3, 0.4) is 0 Å². The number of benzene rings is 2. The molecule has 0 radical (unpaired) electrons. The minimum absolute atomic E-state index is 0.0573. The average Bonchev–Trinajstić information content (AvgIpc) is 3.16. The van der Waals surface area contributed by atoms with E-state index in [1.54, 1.807) is 0 Å². The molecule has 7 nitrogen and oxygen atoms in total. The first-order chi connectivity index (χ1) is 11.6. The number of hydrogen-bond donors (Lipinski definition) is 1. The van der Waals surface area contributed by atoms with Crippen molar-refractivity contribution in [3.8, 4) is 0 Å². The predicted molar refractivity (Wildman–Crippen MR) is 86.7 cm³/mol. The standard InChI is InChI=1S/C16H14N4O3S/c21-16(17-10-13-4-2-1-3-5-13)14-6-8-15(9-7-14)24(22,23)20-11-18-19-12-20/h1-9,11-12H,10H2,(H,17,21). The van der Waals surface area contributed by atoms with Crippen LogP contribution < -0.4 is 5.32 Å². The maximum absolute atomic E-state index is 12.3. The summed E-state index contributed by atoms with van der Waals surface area (Å²) in [6.45, 7) is 0.403. The Morgan fingerprint density at radius 2 is 1.58 bits per heavy atom. The van der Waals surface area contributed by atoms with E-state index in [1.807, 2.05) is 30.3 Å². The zero-order valence-electron chi connectivity index (χ0n) is 12.5. The fourth-order valence-corrected chi connectivity index (χ4v) is 3.15. The topological polar surface area (TPSA) is 94.0 Å². The number of rotatable bonds is 5. The molecule has 0 bridgehead atoms. The number of carbonyl (C=O) groups is 1. The Morgan fingerprint density at radius 1 is 0.958 bits per heavy atom. The summed E-state index contributed by atoms with van der Waals surface area (Å²) in [4.78, 5) is 12.2. The van der Waals surface area contributed by atoms with Gasteiger partial charge in [0.25, 0.3) is 15.9 Å². The van der Waals surface area contributed by atoms with Gasteiger partial charge in [-0.2, -0.15) is 0 Å². The van der Waals surface area contributed by atoms with E-state index in [0.717, 1.165) is 22.2 Å². The number of hydrogen-bond acceptors (Lipinski definition) is 5. The van der Waals surface area contributed by atoms with Crippen molar-refractivity contribution < 1.29 is 13.2 Å². The normalized spacial score (nSPS) is 11.2. The van der Waals surface area contributed by atoms with Gasteiger partial charge in [-0.3, -0.25) is 4.79 Å². The van der Waals surface area contributed by atoms with Crippen molar-refractivity contribution in [1.82, 2.24) is 19.5 Å². The zero-order valence-corrected chi connectivity index (χ0v) is 13.3. The Kier molecular flexibility index (Phi) is 4.39. The van der Waals surface area contributed by atoms with Gasteiger partial charge < -0.3 is 5.32 Å². The molecule has 0 aliphatic rings. The van der Waals surface area contributed by atoms with Gasteiger partial charge in [0.05, 0.1) is 4.90 Å². The number of nitrogens with one attached hydrogen (secondary N) is 1. The molecule has 24 heavy (non-hydrogen) atoms. The number of amides is 1. The largest absolute Gasteiger partial charge is 0.348 e. The summed E-state index contributed by atoms with van der Waals surface area (Å²) in [5.74, 6) is -0.271. The molecule has 0 spiro atoms. The second kappa shape index (κ2) is 6.63. The van der Waals surface area contributed by atoms with E-state index in [-0.39, 0.29) is 10.8 Å². The van der Waals surface area contributed by atoms with Gasteiger partial charge in [-0.1, -0.05) is 30.3 Å². The number of aromatic nitrogens is 3. The lowest BCUT2D eigenvalue weighted by atomic mass is 10.2. The van der Waals surface area contributed by atoms with Crippen LogP contribution in [0.15, 0.2) is 72.1 Å². The smallest absolute Gasteiger partial charge is 0.270 e. The second-order valence-electron chi connectivity index (χ2n) is 4.99. The summed E-state index contributed by atoms with van der Waals surface area (Å²) in [5.41, 5.74) is 1.37. The number of carbonyl (C=O) groups excluding carboxylic acids is 1. The molecule has 0 aliphatic heterocycles. The molecule has 122 valence electrons. The molecule has 0 saturated heterocycles. The third kappa shape index (κ3) is 3.33. The molecule has 0 unspecified atom stereocenters. The molecule has 1 N–H and O–H groups in total. The highest BCUT2D eigenvalue weighted by molar-refractivity contribution is 7.90. The molecule has 0 atom stereocenters. The molecule has 3 rings (SSSR count). The van der Waals surface area contributed by atoms with Gasteiger partial charge in [-0.15, -0.1) is 10.2 Å². The molecule has 1 aromatic heterocycles. The van der Waals surface area contributed by atoms with Crippen LogP contribution >= 0.6 is 0 Å². The van der Waals surface area contributed by atoms with Crippen LogP contribution in [0.5, 0.6) is 0 Å². The molecule has 3 aromatic rings. The number of nitrogens with zero attached hydrogens (tertiary/aromatic N) is 3. The van der Waals surface area contributed by atoms with Crippen LogP contribution in [0.2, 0.25) is 0 Å². The van der Waals surface area contributed by atoms with Crippen molar-refractivity contribution in [3.63, 3.8) is 0 Å². The molecule has 0 aliphatic carbocycles. The van der Waals surface area contributed by atoms with E-state index in [9.17, 15) is 13.2 Å². The van der Waals surface area contributed by atoms with Crippen LogP contribution in [0, 0.1) is 0 Å². The van der Waals surface area contributed by atoms with Gasteiger partial charge in [0.2, 0.25) is 0 Å². The Balaban J connectivity index is 1.71. The summed E-state index contributed by atoms with van der Waals surface area (Å²) < 4.78 is 25.5. The predicted octanol–water partition coefficient (Wildman–Crippen LogP) is 1.45. The van der Waals surface area contributed by atoms with Gasteiger partial charge in [0.15, 0.2) is 0 Å². The van der Waals surface area contributed by atoms with E-state index < -0.39 is 10.0 Å². The first kappa shape index (κ1) is 15.9. The average molecular weight is 342 g/mol. The Bertz CT molecular complexity index is 921. The van der Waals surface area contributed by atoms with Crippen LogP contribution in [-0.4, -0.2) is 28.5 Å². The molecule has 1 heterocycles. The molecule has 0 saturated carbocycles. The SMILES string of the molecule is O=C(NCc1ccccc1)c1ccc(S(=O)(=O)n2cnnc2)cc1. The maximum atomic E-state index is 12.3. The second-order valence-corrected chi connectivity index (χ2v) is 6.83. The van der Waals surface area contributed by atoms with Gasteiger partial charge in [0.1, 0.15) is 12.7 Å². The van der Waals surface area contributed by atoms with E-state index >= 15 is 0 Å². The summed E-state index contributed by atoms with van der Waals surface area (Å²) in [6.07, 6.45) is 2.21. The molecule has 1 amide bonds. The van der Waals surface area contributed by atoms with Crippen molar-refractivity contribution >= 4 is 15.9 Å². The Labute approximate surface area is 139 Å².